The number of hydrogen-bond donors (Lipinski definition) is 1. The van der Waals surface area contributed by atoms with E-state index in [1.54, 1.807) is 0 Å². The van der Waals surface area contributed by atoms with Crippen molar-refractivity contribution >= 4 is 0 Å². The summed E-state index contributed by atoms with van der Waals surface area (Å²) in [5, 5.41) is 9.34. The average molecular weight is 176 g/mol. The Morgan fingerprint density at radius 1 is 1.38 bits per heavy atom. The third-order valence-electron chi connectivity index (χ3n) is 2.76. The molecular formula is C12H16O. The van der Waals surface area contributed by atoms with Gasteiger partial charge in [-0.15, -0.1) is 0 Å². The third-order valence-corrected chi connectivity index (χ3v) is 2.76. The molecular weight excluding hydrogens is 160 g/mol. The van der Waals surface area contributed by atoms with Crippen molar-refractivity contribution in [3.8, 4) is 0 Å². The van der Waals surface area contributed by atoms with Crippen molar-refractivity contribution in [3.05, 3.63) is 34.9 Å². The Kier molecular flexibility index (Phi) is 2.36. The monoisotopic (exact) mass is 176 g/mol. The van der Waals surface area contributed by atoms with E-state index in [0.29, 0.717) is 0 Å². The molecule has 1 aromatic rings. The molecule has 1 atom stereocenters. The molecule has 0 radical (unpaired) electrons. The van der Waals surface area contributed by atoms with E-state index in [0.717, 1.165) is 6.42 Å². The maximum atomic E-state index is 9.34. The highest BCUT2D eigenvalue weighted by Gasteiger charge is 2.14. The molecule has 0 amide bonds. The van der Waals surface area contributed by atoms with Crippen molar-refractivity contribution in [2.75, 3.05) is 0 Å². The van der Waals surface area contributed by atoms with E-state index < -0.39 is 0 Å². The van der Waals surface area contributed by atoms with Crippen molar-refractivity contribution < 1.29 is 5.11 Å². The first-order valence-corrected chi connectivity index (χ1v) is 5.05. The minimum atomic E-state index is -0.216. The van der Waals surface area contributed by atoms with Crippen LogP contribution in [0.15, 0.2) is 18.2 Å². The molecule has 1 heteroatoms. The molecule has 1 aliphatic rings. The summed E-state index contributed by atoms with van der Waals surface area (Å²) in [4.78, 5) is 0. The van der Waals surface area contributed by atoms with Crippen LogP contribution >= 0.6 is 0 Å². The lowest BCUT2D eigenvalue weighted by molar-refractivity contribution is 0.195. The fourth-order valence-corrected chi connectivity index (χ4v) is 2.21. The summed E-state index contributed by atoms with van der Waals surface area (Å²) in [6.07, 6.45) is 4.31. The first kappa shape index (κ1) is 8.76. The van der Waals surface area contributed by atoms with Crippen LogP contribution in [0.25, 0.3) is 0 Å². The summed E-state index contributed by atoms with van der Waals surface area (Å²) >= 11 is 0. The van der Waals surface area contributed by atoms with Crippen LogP contribution in [0.3, 0.4) is 0 Å². The van der Waals surface area contributed by atoms with Gasteiger partial charge in [0.25, 0.3) is 0 Å². The Balaban J connectivity index is 2.30. The van der Waals surface area contributed by atoms with Crippen LogP contribution in [0.5, 0.6) is 0 Å². The molecule has 0 aromatic heterocycles. The van der Waals surface area contributed by atoms with Crippen molar-refractivity contribution in [1.29, 1.82) is 0 Å². The number of aryl methyl sites for hydroxylation is 1. The van der Waals surface area contributed by atoms with Crippen molar-refractivity contribution in [2.45, 2.75) is 38.7 Å². The Morgan fingerprint density at radius 3 is 3.00 bits per heavy atom. The molecule has 70 valence electrons. The molecule has 0 heterocycles. The lowest BCUT2D eigenvalue weighted by Gasteiger charge is -2.09. The zero-order valence-corrected chi connectivity index (χ0v) is 8.09. The van der Waals surface area contributed by atoms with Gasteiger partial charge in [0.15, 0.2) is 0 Å². The van der Waals surface area contributed by atoms with E-state index in [2.05, 4.69) is 18.2 Å². The van der Waals surface area contributed by atoms with Crippen molar-refractivity contribution in [1.82, 2.24) is 0 Å². The predicted octanol–water partition coefficient (Wildman–Crippen LogP) is 2.10. The van der Waals surface area contributed by atoms with E-state index in [1.807, 2.05) is 6.92 Å². The normalized spacial score (nSPS) is 17.1. The summed E-state index contributed by atoms with van der Waals surface area (Å²) in [5.74, 6) is 0. The fourth-order valence-electron chi connectivity index (χ4n) is 2.21. The molecule has 0 fully saturated rings. The van der Waals surface area contributed by atoms with Crippen LogP contribution in [0, 0.1) is 0 Å². The summed E-state index contributed by atoms with van der Waals surface area (Å²) in [6, 6.07) is 6.48. The number of aliphatic hydroxyl groups is 1. The molecule has 1 unspecified atom stereocenters. The predicted molar refractivity (Wildman–Crippen MR) is 53.9 cm³/mol. The van der Waals surface area contributed by atoms with Gasteiger partial charge < -0.3 is 5.11 Å². The first-order valence-electron chi connectivity index (χ1n) is 5.05. The quantitative estimate of drug-likeness (QED) is 0.731. The van der Waals surface area contributed by atoms with E-state index in [9.17, 15) is 5.11 Å². The molecule has 0 bridgehead atoms. The first-order chi connectivity index (χ1) is 6.27. The van der Waals surface area contributed by atoms with Gasteiger partial charge in [-0.3, -0.25) is 0 Å². The van der Waals surface area contributed by atoms with Gasteiger partial charge in [0.05, 0.1) is 6.10 Å². The second kappa shape index (κ2) is 3.51. The number of benzene rings is 1. The molecule has 1 aromatic carbocycles. The highest BCUT2D eigenvalue weighted by molar-refractivity contribution is 5.38. The highest BCUT2D eigenvalue weighted by Crippen LogP contribution is 2.25. The van der Waals surface area contributed by atoms with Crippen molar-refractivity contribution in [2.24, 2.45) is 0 Å². The lowest BCUT2D eigenvalue weighted by Crippen LogP contribution is -2.06. The maximum Gasteiger partial charge on any atom is 0.0552 e. The molecule has 0 aliphatic heterocycles. The minimum absolute atomic E-state index is 0.216. The van der Waals surface area contributed by atoms with Gasteiger partial charge in [-0.1, -0.05) is 18.2 Å². The smallest absolute Gasteiger partial charge is 0.0552 e. The number of hydrogen-bond acceptors (Lipinski definition) is 1. The molecule has 0 spiro atoms. The molecule has 1 N–H and O–H groups in total. The van der Waals surface area contributed by atoms with Crippen molar-refractivity contribution in [3.63, 3.8) is 0 Å². The van der Waals surface area contributed by atoms with Gasteiger partial charge in [0.1, 0.15) is 0 Å². The van der Waals surface area contributed by atoms with Crippen LogP contribution in [0.1, 0.15) is 30.0 Å². The SMILES string of the molecule is CC(O)Cc1cccc2c1CCC2. The van der Waals surface area contributed by atoms with Crippen LogP contribution < -0.4 is 0 Å². The fraction of sp³-hybridized carbons (Fsp3) is 0.500. The largest absolute Gasteiger partial charge is 0.393 e. The van der Waals surface area contributed by atoms with E-state index >= 15 is 0 Å². The minimum Gasteiger partial charge on any atom is -0.393 e. The Bertz CT molecular complexity index is 302. The third kappa shape index (κ3) is 1.75. The number of rotatable bonds is 2. The van der Waals surface area contributed by atoms with Gasteiger partial charge in [-0.2, -0.15) is 0 Å². The van der Waals surface area contributed by atoms with Crippen LogP contribution in [0.2, 0.25) is 0 Å². The summed E-state index contributed by atoms with van der Waals surface area (Å²) in [7, 11) is 0. The zero-order chi connectivity index (χ0) is 9.26. The van der Waals surface area contributed by atoms with Crippen LogP contribution in [0.4, 0.5) is 0 Å². The Labute approximate surface area is 79.4 Å². The standard InChI is InChI=1S/C12H16O/c1-9(13)8-11-6-2-4-10-5-3-7-12(10)11/h2,4,6,9,13H,3,5,7-8H2,1H3. The summed E-state index contributed by atoms with van der Waals surface area (Å²) in [6.45, 7) is 1.86. The maximum absolute atomic E-state index is 9.34. The topological polar surface area (TPSA) is 20.2 Å². The number of aliphatic hydroxyl groups excluding tert-OH is 1. The van der Waals surface area contributed by atoms with E-state index in [-0.39, 0.29) is 6.10 Å². The van der Waals surface area contributed by atoms with E-state index in [1.165, 1.54) is 36.0 Å². The molecule has 0 saturated carbocycles. The van der Waals surface area contributed by atoms with Gasteiger partial charge in [0.2, 0.25) is 0 Å². The summed E-state index contributed by atoms with van der Waals surface area (Å²) < 4.78 is 0. The average Bonchev–Trinajstić information content (AvgIpc) is 2.51. The van der Waals surface area contributed by atoms with Crippen LogP contribution in [-0.2, 0) is 19.3 Å². The zero-order valence-electron chi connectivity index (χ0n) is 8.09. The van der Waals surface area contributed by atoms with E-state index in [4.69, 9.17) is 0 Å². The second-order valence-electron chi connectivity index (χ2n) is 3.96. The Morgan fingerprint density at radius 2 is 2.23 bits per heavy atom. The van der Waals surface area contributed by atoms with Gasteiger partial charge in [-0.05, 0) is 49.3 Å². The van der Waals surface area contributed by atoms with Gasteiger partial charge in [-0.25, -0.2) is 0 Å². The molecule has 0 saturated heterocycles. The van der Waals surface area contributed by atoms with Gasteiger partial charge in [0, 0.05) is 0 Å². The Hall–Kier alpha value is -0.820. The molecule has 1 aliphatic carbocycles. The number of fused-ring (bicyclic) bond motifs is 1. The molecule has 2 rings (SSSR count). The lowest BCUT2D eigenvalue weighted by atomic mass is 9.99. The highest BCUT2D eigenvalue weighted by atomic mass is 16.3. The van der Waals surface area contributed by atoms with Gasteiger partial charge >= 0.3 is 0 Å². The second-order valence-corrected chi connectivity index (χ2v) is 3.96. The molecule has 1 nitrogen and oxygen atoms in total. The van der Waals surface area contributed by atoms with Crippen LogP contribution in [-0.4, -0.2) is 11.2 Å². The summed E-state index contributed by atoms with van der Waals surface area (Å²) in [5.41, 5.74) is 4.35. The molecule has 13 heavy (non-hydrogen) atoms.